The monoisotopic (exact) mass is 191 g/mol. The molecule has 74 valence electrons. The molecule has 14 heavy (non-hydrogen) atoms. The highest BCUT2D eigenvalue weighted by atomic mass is 16.4. The van der Waals surface area contributed by atoms with Crippen LogP contribution in [0, 0.1) is 0 Å². The summed E-state index contributed by atoms with van der Waals surface area (Å²) in [7, 11) is 0. The van der Waals surface area contributed by atoms with Gasteiger partial charge in [0.15, 0.2) is 0 Å². The van der Waals surface area contributed by atoms with Crippen LogP contribution in [0.4, 0.5) is 0 Å². The highest BCUT2D eigenvalue weighted by molar-refractivity contribution is 5.75. The largest absolute Gasteiger partial charge is 0.480 e. The molecule has 0 aliphatic heterocycles. The number of rotatable bonds is 5. The molecule has 3 nitrogen and oxygen atoms in total. The Morgan fingerprint density at radius 2 is 2.14 bits per heavy atom. The zero-order valence-corrected chi connectivity index (χ0v) is 7.81. The van der Waals surface area contributed by atoms with Crippen LogP contribution >= 0.6 is 0 Å². The SMILES string of the molecule is C=CCNC(C(=O)O)c1ccccc1. The van der Waals surface area contributed by atoms with Crippen molar-refractivity contribution < 1.29 is 9.90 Å². The van der Waals surface area contributed by atoms with Crippen molar-refractivity contribution in [3.8, 4) is 0 Å². The minimum Gasteiger partial charge on any atom is -0.480 e. The molecular weight excluding hydrogens is 178 g/mol. The summed E-state index contributed by atoms with van der Waals surface area (Å²) in [6, 6.07) is 8.41. The maximum atomic E-state index is 10.9. The molecular formula is C11H13NO2. The van der Waals surface area contributed by atoms with E-state index in [9.17, 15) is 4.79 Å². The van der Waals surface area contributed by atoms with Crippen molar-refractivity contribution in [1.82, 2.24) is 5.32 Å². The van der Waals surface area contributed by atoms with Gasteiger partial charge in [-0.25, -0.2) is 0 Å². The van der Waals surface area contributed by atoms with E-state index in [0.717, 1.165) is 5.56 Å². The van der Waals surface area contributed by atoms with Gasteiger partial charge in [0.05, 0.1) is 0 Å². The molecule has 0 fully saturated rings. The zero-order chi connectivity index (χ0) is 10.4. The highest BCUT2D eigenvalue weighted by Crippen LogP contribution is 2.11. The van der Waals surface area contributed by atoms with Gasteiger partial charge in [-0.15, -0.1) is 6.58 Å². The number of carbonyl (C=O) groups is 1. The Morgan fingerprint density at radius 3 is 2.64 bits per heavy atom. The Balaban J connectivity index is 2.78. The maximum Gasteiger partial charge on any atom is 0.325 e. The van der Waals surface area contributed by atoms with E-state index in [1.165, 1.54) is 0 Å². The van der Waals surface area contributed by atoms with Gasteiger partial charge >= 0.3 is 5.97 Å². The van der Waals surface area contributed by atoms with Crippen LogP contribution in [0.2, 0.25) is 0 Å². The summed E-state index contributed by atoms with van der Waals surface area (Å²) in [6.07, 6.45) is 1.64. The number of benzene rings is 1. The second-order valence-electron chi connectivity index (χ2n) is 2.88. The van der Waals surface area contributed by atoms with E-state index in [0.29, 0.717) is 6.54 Å². The Hall–Kier alpha value is -1.61. The van der Waals surface area contributed by atoms with E-state index in [2.05, 4.69) is 11.9 Å². The number of hydrogen-bond donors (Lipinski definition) is 2. The molecule has 0 radical (unpaired) electrons. The van der Waals surface area contributed by atoms with Crippen molar-refractivity contribution in [2.75, 3.05) is 6.54 Å². The third kappa shape index (κ3) is 2.71. The van der Waals surface area contributed by atoms with Crippen molar-refractivity contribution in [2.45, 2.75) is 6.04 Å². The van der Waals surface area contributed by atoms with Gasteiger partial charge in [-0.3, -0.25) is 10.1 Å². The quantitative estimate of drug-likeness (QED) is 0.695. The summed E-state index contributed by atoms with van der Waals surface area (Å²) in [5.41, 5.74) is 0.752. The average Bonchev–Trinajstić information content (AvgIpc) is 2.19. The van der Waals surface area contributed by atoms with Gasteiger partial charge < -0.3 is 5.11 Å². The average molecular weight is 191 g/mol. The lowest BCUT2D eigenvalue weighted by Gasteiger charge is -2.12. The van der Waals surface area contributed by atoms with E-state index in [1.54, 1.807) is 18.2 Å². The molecule has 0 heterocycles. The van der Waals surface area contributed by atoms with E-state index < -0.39 is 12.0 Å². The zero-order valence-electron chi connectivity index (χ0n) is 7.81. The van der Waals surface area contributed by atoms with E-state index in [1.807, 2.05) is 18.2 Å². The van der Waals surface area contributed by atoms with Crippen LogP contribution in [0.15, 0.2) is 43.0 Å². The van der Waals surface area contributed by atoms with Crippen LogP contribution in [-0.4, -0.2) is 17.6 Å². The van der Waals surface area contributed by atoms with Crippen molar-refractivity contribution in [3.05, 3.63) is 48.6 Å². The molecule has 0 aliphatic carbocycles. The number of nitrogens with one attached hydrogen (secondary N) is 1. The molecule has 0 spiro atoms. The standard InChI is InChI=1S/C11H13NO2/c1-2-8-12-10(11(13)14)9-6-4-3-5-7-9/h2-7,10,12H,1,8H2,(H,13,14). The first-order chi connectivity index (χ1) is 6.75. The Kier molecular flexibility index (Phi) is 3.88. The normalized spacial score (nSPS) is 12.0. The fraction of sp³-hybridized carbons (Fsp3) is 0.182. The molecule has 0 saturated carbocycles. The van der Waals surface area contributed by atoms with Crippen molar-refractivity contribution in [3.63, 3.8) is 0 Å². The summed E-state index contributed by atoms with van der Waals surface area (Å²) >= 11 is 0. The lowest BCUT2D eigenvalue weighted by Crippen LogP contribution is -2.28. The van der Waals surface area contributed by atoms with Crippen molar-refractivity contribution in [2.24, 2.45) is 0 Å². The molecule has 2 N–H and O–H groups in total. The van der Waals surface area contributed by atoms with Gasteiger partial charge in [-0.05, 0) is 5.56 Å². The smallest absolute Gasteiger partial charge is 0.325 e. The van der Waals surface area contributed by atoms with Gasteiger partial charge in [0.25, 0.3) is 0 Å². The summed E-state index contributed by atoms with van der Waals surface area (Å²) < 4.78 is 0. The molecule has 1 aromatic rings. The topological polar surface area (TPSA) is 49.3 Å². The second kappa shape index (κ2) is 5.19. The third-order valence-electron chi connectivity index (χ3n) is 1.85. The van der Waals surface area contributed by atoms with Crippen LogP contribution < -0.4 is 5.32 Å². The molecule has 1 atom stereocenters. The first kappa shape index (κ1) is 10.5. The molecule has 1 rings (SSSR count). The molecule has 1 unspecified atom stereocenters. The lowest BCUT2D eigenvalue weighted by molar-refractivity contribution is -0.139. The molecule has 0 saturated heterocycles. The number of carboxylic acids is 1. The molecule has 3 heteroatoms. The number of hydrogen-bond acceptors (Lipinski definition) is 2. The van der Waals surface area contributed by atoms with E-state index >= 15 is 0 Å². The van der Waals surface area contributed by atoms with Gasteiger partial charge in [0.1, 0.15) is 6.04 Å². The Morgan fingerprint density at radius 1 is 1.50 bits per heavy atom. The van der Waals surface area contributed by atoms with E-state index in [4.69, 9.17) is 5.11 Å². The third-order valence-corrected chi connectivity index (χ3v) is 1.85. The molecule has 1 aromatic carbocycles. The minimum absolute atomic E-state index is 0.478. The van der Waals surface area contributed by atoms with Gasteiger partial charge in [0.2, 0.25) is 0 Å². The Bertz CT molecular complexity index is 308. The second-order valence-corrected chi connectivity index (χ2v) is 2.88. The number of carboxylic acid groups (broad SMARTS) is 1. The molecule has 0 bridgehead atoms. The summed E-state index contributed by atoms with van der Waals surface area (Å²) in [6.45, 7) is 4.01. The van der Waals surface area contributed by atoms with Crippen molar-refractivity contribution >= 4 is 5.97 Å². The maximum absolute atomic E-state index is 10.9. The van der Waals surface area contributed by atoms with Crippen LogP contribution in [0.3, 0.4) is 0 Å². The predicted molar refractivity (Wildman–Crippen MR) is 55.0 cm³/mol. The molecule has 0 aliphatic rings. The molecule has 0 aromatic heterocycles. The van der Waals surface area contributed by atoms with Crippen molar-refractivity contribution in [1.29, 1.82) is 0 Å². The summed E-state index contributed by atoms with van der Waals surface area (Å²) in [5.74, 6) is -0.877. The summed E-state index contributed by atoms with van der Waals surface area (Å²) in [5, 5.41) is 11.8. The fourth-order valence-corrected chi connectivity index (χ4v) is 1.19. The first-order valence-corrected chi connectivity index (χ1v) is 4.37. The lowest BCUT2D eigenvalue weighted by atomic mass is 10.1. The van der Waals surface area contributed by atoms with Gasteiger partial charge in [-0.1, -0.05) is 36.4 Å². The van der Waals surface area contributed by atoms with Gasteiger partial charge in [-0.2, -0.15) is 0 Å². The van der Waals surface area contributed by atoms with Crippen LogP contribution in [0.1, 0.15) is 11.6 Å². The minimum atomic E-state index is -0.877. The van der Waals surface area contributed by atoms with Crippen LogP contribution in [-0.2, 0) is 4.79 Å². The fourth-order valence-electron chi connectivity index (χ4n) is 1.19. The van der Waals surface area contributed by atoms with Crippen LogP contribution in [0.5, 0.6) is 0 Å². The van der Waals surface area contributed by atoms with E-state index in [-0.39, 0.29) is 0 Å². The van der Waals surface area contributed by atoms with Gasteiger partial charge in [0, 0.05) is 6.54 Å². The Labute approximate surface area is 83.1 Å². The molecule has 0 amide bonds. The summed E-state index contributed by atoms with van der Waals surface area (Å²) in [4.78, 5) is 10.9. The van der Waals surface area contributed by atoms with Crippen LogP contribution in [0.25, 0.3) is 0 Å². The highest BCUT2D eigenvalue weighted by Gasteiger charge is 2.17. The number of aliphatic carboxylic acids is 1. The predicted octanol–water partition coefficient (Wildman–Crippen LogP) is 1.59. The first-order valence-electron chi connectivity index (χ1n) is 4.37.